The summed E-state index contributed by atoms with van der Waals surface area (Å²) in [6, 6.07) is 0. The van der Waals surface area contributed by atoms with Crippen LogP contribution >= 0.6 is 0 Å². The molecule has 0 bridgehead atoms. The third-order valence-corrected chi connectivity index (χ3v) is 9.16. The summed E-state index contributed by atoms with van der Waals surface area (Å²) in [6.45, 7) is 3.09. The Morgan fingerprint density at radius 2 is 0.581 bits per heavy atom. The number of hydrogen-bond acceptors (Lipinski definition) is 3. The maximum Gasteiger partial charge on any atom is 0.420 e. The molecule has 0 saturated heterocycles. The van der Waals surface area contributed by atoms with Crippen molar-refractivity contribution < 1.29 is 9.90 Å². The highest BCUT2D eigenvalue weighted by atomic mass is 16.4. The lowest BCUT2D eigenvalue weighted by Crippen LogP contribution is -2.46. The molecule has 0 aromatic rings. The molecular formula is C38H79N3O2. The minimum absolute atomic E-state index is 0.792. The topological polar surface area (TPSA) is 73.4 Å². The van der Waals surface area contributed by atoms with Gasteiger partial charge in [0.15, 0.2) is 0 Å². The van der Waals surface area contributed by atoms with Gasteiger partial charge in [0.1, 0.15) is 0 Å². The molecule has 0 radical (unpaired) electrons. The molecule has 0 unspecified atom stereocenters. The Balaban J connectivity index is 3.03. The monoisotopic (exact) mass is 610 g/mol. The van der Waals surface area contributed by atoms with Crippen molar-refractivity contribution in [3.63, 3.8) is 0 Å². The summed E-state index contributed by atoms with van der Waals surface area (Å²) in [5.41, 5.74) is 7.39. The fourth-order valence-corrected chi connectivity index (χ4v) is 6.28. The average Bonchev–Trinajstić information content (AvgIpc) is 3.00. The van der Waals surface area contributed by atoms with E-state index in [4.69, 9.17) is 5.11 Å². The Morgan fingerprint density at radius 1 is 0.372 bits per heavy atom. The van der Waals surface area contributed by atoms with Crippen molar-refractivity contribution in [2.24, 2.45) is 0 Å². The predicted octanol–water partition coefficient (Wildman–Crippen LogP) is 12.9. The third-order valence-electron chi connectivity index (χ3n) is 9.16. The van der Waals surface area contributed by atoms with Gasteiger partial charge in [0.25, 0.3) is 0 Å². The number of nitrogens with one attached hydrogen (secondary N) is 3. The standard InChI is InChI=1S/C38H79N3O2/c1-2-3-4-5-6-7-8-9-10-11-12-13-14-15-16-17-18-19-20-21-22-23-24-25-26-27-28-29-30-31-32-33-34-35-36-37-39-41-40-38(42)43/h39-41H,2-37H2,1H3,(H,42,43). The number of carbonyl (C=O) groups is 1. The van der Waals surface area contributed by atoms with Gasteiger partial charge in [-0.2, -0.15) is 5.53 Å². The van der Waals surface area contributed by atoms with Crippen LogP contribution in [0.25, 0.3) is 0 Å². The van der Waals surface area contributed by atoms with Crippen molar-refractivity contribution in [2.45, 2.75) is 232 Å². The molecule has 0 spiro atoms. The molecule has 5 heteroatoms. The van der Waals surface area contributed by atoms with Crippen molar-refractivity contribution in [3.05, 3.63) is 0 Å². The summed E-state index contributed by atoms with van der Waals surface area (Å²) in [5, 5.41) is 8.43. The van der Waals surface area contributed by atoms with E-state index in [1.54, 1.807) is 0 Å². The van der Waals surface area contributed by atoms with E-state index in [9.17, 15) is 4.79 Å². The van der Waals surface area contributed by atoms with Gasteiger partial charge in [0.05, 0.1) is 0 Å². The number of rotatable bonds is 38. The van der Waals surface area contributed by atoms with Crippen molar-refractivity contribution >= 4 is 6.09 Å². The lowest BCUT2D eigenvalue weighted by atomic mass is 10.0. The Labute approximate surface area is 270 Å². The zero-order valence-electron chi connectivity index (χ0n) is 29.3. The first kappa shape index (κ1) is 42.2. The van der Waals surface area contributed by atoms with Gasteiger partial charge in [-0.25, -0.2) is 15.6 Å². The van der Waals surface area contributed by atoms with Crippen molar-refractivity contribution in [3.8, 4) is 0 Å². The van der Waals surface area contributed by atoms with Gasteiger partial charge in [-0.1, -0.05) is 225 Å². The molecular weight excluding hydrogens is 530 g/mol. The predicted molar refractivity (Wildman–Crippen MR) is 190 cm³/mol. The summed E-state index contributed by atoms with van der Waals surface area (Å²) in [4.78, 5) is 10.3. The summed E-state index contributed by atoms with van der Waals surface area (Å²) in [7, 11) is 0. The summed E-state index contributed by atoms with van der Waals surface area (Å²) in [6.07, 6.45) is 49.0. The maximum absolute atomic E-state index is 10.3. The molecule has 258 valence electrons. The Bertz CT molecular complexity index is 517. The van der Waals surface area contributed by atoms with Crippen molar-refractivity contribution in [1.29, 1.82) is 0 Å². The van der Waals surface area contributed by atoms with Crippen LogP contribution in [0.3, 0.4) is 0 Å². The molecule has 0 aliphatic rings. The maximum atomic E-state index is 10.3. The summed E-state index contributed by atoms with van der Waals surface area (Å²) >= 11 is 0. The second kappa shape index (κ2) is 39.2. The lowest BCUT2D eigenvalue weighted by Gasteiger charge is -2.06. The molecule has 0 aromatic heterocycles. The molecule has 1 amide bonds. The Morgan fingerprint density at radius 3 is 0.791 bits per heavy atom. The van der Waals surface area contributed by atoms with Gasteiger partial charge in [-0.15, -0.1) is 0 Å². The van der Waals surface area contributed by atoms with E-state index in [1.165, 1.54) is 218 Å². The molecule has 0 rings (SSSR count). The van der Waals surface area contributed by atoms with E-state index in [0.717, 1.165) is 13.0 Å². The number of amides is 1. The van der Waals surface area contributed by atoms with Crippen LogP contribution in [0.4, 0.5) is 4.79 Å². The number of hydrazine groups is 2. The van der Waals surface area contributed by atoms with Crippen LogP contribution in [-0.2, 0) is 0 Å². The van der Waals surface area contributed by atoms with Crippen LogP contribution in [0.15, 0.2) is 0 Å². The highest BCUT2D eigenvalue weighted by molar-refractivity contribution is 5.63. The molecule has 5 nitrogen and oxygen atoms in total. The molecule has 0 aliphatic carbocycles. The molecule has 43 heavy (non-hydrogen) atoms. The average molecular weight is 610 g/mol. The van der Waals surface area contributed by atoms with Crippen LogP contribution in [-0.4, -0.2) is 17.7 Å². The molecule has 0 aromatic carbocycles. The zero-order chi connectivity index (χ0) is 31.2. The van der Waals surface area contributed by atoms with E-state index < -0.39 is 6.09 Å². The fourth-order valence-electron chi connectivity index (χ4n) is 6.28. The molecule has 4 N–H and O–H groups in total. The summed E-state index contributed by atoms with van der Waals surface area (Å²) in [5.74, 6) is 0. The van der Waals surface area contributed by atoms with E-state index >= 15 is 0 Å². The summed E-state index contributed by atoms with van der Waals surface area (Å²) < 4.78 is 0. The first-order chi connectivity index (χ1) is 21.3. The second-order valence-corrected chi connectivity index (χ2v) is 13.5. The number of unbranched alkanes of at least 4 members (excludes halogenated alkanes) is 34. The van der Waals surface area contributed by atoms with Crippen molar-refractivity contribution in [2.75, 3.05) is 6.54 Å². The Kier molecular flexibility index (Phi) is 38.5. The highest BCUT2D eigenvalue weighted by Crippen LogP contribution is 2.17. The van der Waals surface area contributed by atoms with Gasteiger partial charge >= 0.3 is 6.09 Å². The third kappa shape index (κ3) is 41.2. The smallest absolute Gasteiger partial charge is 0.420 e. The van der Waals surface area contributed by atoms with Gasteiger partial charge in [0.2, 0.25) is 0 Å². The van der Waals surface area contributed by atoms with Crippen molar-refractivity contribution in [1.82, 2.24) is 16.4 Å². The van der Waals surface area contributed by atoms with Crippen LogP contribution in [0.1, 0.15) is 232 Å². The largest absolute Gasteiger partial charge is 0.464 e. The number of carboxylic acid groups (broad SMARTS) is 1. The van der Waals surface area contributed by atoms with Gasteiger partial charge in [-0.3, -0.25) is 0 Å². The van der Waals surface area contributed by atoms with E-state index in [0.29, 0.717) is 0 Å². The van der Waals surface area contributed by atoms with Crippen LogP contribution < -0.4 is 16.4 Å². The Hall–Kier alpha value is -0.810. The van der Waals surface area contributed by atoms with E-state index in [1.807, 2.05) is 0 Å². The quantitative estimate of drug-likeness (QED) is 0.0415. The normalized spacial score (nSPS) is 11.4. The van der Waals surface area contributed by atoms with Gasteiger partial charge in [0, 0.05) is 6.54 Å². The first-order valence-electron chi connectivity index (χ1n) is 19.7. The SMILES string of the molecule is CCCCCCCCCCCCCCCCCCCCCCCCCCCCCCCCCCCCCNNNC(=O)O. The van der Waals surface area contributed by atoms with Gasteiger partial charge < -0.3 is 5.11 Å². The first-order valence-corrected chi connectivity index (χ1v) is 19.7. The van der Waals surface area contributed by atoms with Crippen LogP contribution in [0, 0.1) is 0 Å². The van der Waals surface area contributed by atoms with E-state index in [2.05, 4.69) is 23.3 Å². The van der Waals surface area contributed by atoms with Crippen LogP contribution in [0.5, 0.6) is 0 Å². The molecule has 0 saturated carbocycles. The fraction of sp³-hybridized carbons (Fsp3) is 0.974. The molecule has 0 fully saturated rings. The lowest BCUT2D eigenvalue weighted by molar-refractivity contribution is 0.185. The highest BCUT2D eigenvalue weighted by Gasteiger charge is 1.98. The molecule has 0 aliphatic heterocycles. The van der Waals surface area contributed by atoms with Gasteiger partial charge in [-0.05, 0) is 6.42 Å². The zero-order valence-corrected chi connectivity index (χ0v) is 29.3. The minimum Gasteiger partial charge on any atom is -0.464 e. The molecule has 0 heterocycles. The molecule has 0 atom stereocenters. The number of hydrogen-bond donors (Lipinski definition) is 4. The second-order valence-electron chi connectivity index (χ2n) is 13.5. The van der Waals surface area contributed by atoms with E-state index in [-0.39, 0.29) is 0 Å². The van der Waals surface area contributed by atoms with Crippen LogP contribution in [0.2, 0.25) is 0 Å². The minimum atomic E-state index is -1.07.